The van der Waals surface area contributed by atoms with Gasteiger partial charge in [-0.15, -0.1) is 0 Å². The quantitative estimate of drug-likeness (QED) is 0.713. The molecular formula is C13H18N2O4. The standard InChI is InChI=1S/C13H18N2O4/c1-3-19-13(17)9-14-8-12(16)15-10-6-4-5-7-11(10)18-2/h4-7,14H,3,8-9H2,1-2H3,(H,15,16). The molecule has 0 unspecified atom stereocenters. The van der Waals surface area contributed by atoms with Crippen molar-refractivity contribution in [3.63, 3.8) is 0 Å². The Kier molecular flexibility index (Phi) is 6.38. The van der Waals surface area contributed by atoms with Crippen molar-refractivity contribution in [2.75, 3.05) is 32.1 Å². The highest BCUT2D eigenvalue weighted by molar-refractivity contribution is 5.93. The van der Waals surface area contributed by atoms with Crippen LogP contribution < -0.4 is 15.4 Å². The minimum Gasteiger partial charge on any atom is -0.495 e. The minimum atomic E-state index is -0.382. The molecule has 0 aromatic heterocycles. The Morgan fingerprint density at radius 3 is 2.63 bits per heavy atom. The van der Waals surface area contributed by atoms with Crippen molar-refractivity contribution in [3.8, 4) is 5.75 Å². The maximum Gasteiger partial charge on any atom is 0.319 e. The zero-order chi connectivity index (χ0) is 14.1. The Morgan fingerprint density at radius 1 is 1.21 bits per heavy atom. The molecule has 1 rings (SSSR count). The number of ether oxygens (including phenoxy) is 2. The van der Waals surface area contributed by atoms with Crippen LogP contribution >= 0.6 is 0 Å². The molecule has 0 fully saturated rings. The molecule has 0 atom stereocenters. The first-order valence-electron chi connectivity index (χ1n) is 5.96. The summed E-state index contributed by atoms with van der Waals surface area (Å²) in [6.45, 7) is 2.09. The van der Waals surface area contributed by atoms with Crippen LogP contribution in [0.2, 0.25) is 0 Å². The molecule has 0 spiro atoms. The van der Waals surface area contributed by atoms with Gasteiger partial charge < -0.3 is 14.8 Å². The third kappa shape index (κ3) is 5.39. The molecule has 1 aromatic rings. The predicted molar refractivity (Wildman–Crippen MR) is 71.1 cm³/mol. The molecule has 1 aromatic carbocycles. The van der Waals surface area contributed by atoms with E-state index in [2.05, 4.69) is 10.6 Å². The first kappa shape index (κ1) is 15.0. The van der Waals surface area contributed by atoms with Gasteiger partial charge in [0, 0.05) is 0 Å². The van der Waals surface area contributed by atoms with Gasteiger partial charge in [-0.25, -0.2) is 0 Å². The largest absolute Gasteiger partial charge is 0.495 e. The van der Waals surface area contributed by atoms with E-state index in [1.54, 1.807) is 25.1 Å². The van der Waals surface area contributed by atoms with Crippen LogP contribution in [-0.2, 0) is 14.3 Å². The van der Waals surface area contributed by atoms with Gasteiger partial charge in [0.05, 0.1) is 32.5 Å². The average Bonchev–Trinajstić information content (AvgIpc) is 2.39. The summed E-state index contributed by atoms with van der Waals surface area (Å²) in [5.41, 5.74) is 0.591. The summed E-state index contributed by atoms with van der Waals surface area (Å²) >= 11 is 0. The maximum absolute atomic E-state index is 11.6. The van der Waals surface area contributed by atoms with Crippen LogP contribution in [0.25, 0.3) is 0 Å². The molecule has 1 amide bonds. The van der Waals surface area contributed by atoms with E-state index >= 15 is 0 Å². The van der Waals surface area contributed by atoms with Gasteiger partial charge in [0.2, 0.25) is 5.91 Å². The average molecular weight is 266 g/mol. The third-order valence-electron chi connectivity index (χ3n) is 2.24. The van der Waals surface area contributed by atoms with Gasteiger partial charge in [0.25, 0.3) is 0 Å². The van der Waals surface area contributed by atoms with Crippen LogP contribution in [0.1, 0.15) is 6.92 Å². The summed E-state index contributed by atoms with van der Waals surface area (Å²) in [4.78, 5) is 22.7. The van der Waals surface area contributed by atoms with E-state index in [9.17, 15) is 9.59 Å². The van der Waals surface area contributed by atoms with Gasteiger partial charge in [-0.1, -0.05) is 12.1 Å². The molecular weight excluding hydrogens is 248 g/mol. The summed E-state index contributed by atoms with van der Waals surface area (Å²) in [6, 6.07) is 7.10. The zero-order valence-corrected chi connectivity index (χ0v) is 11.1. The lowest BCUT2D eigenvalue weighted by molar-refractivity contribution is -0.141. The van der Waals surface area contributed by atoms with Crippen molar-refractivity contribution in [1.82, 2.24) is 5.32 Å². The number of para-hydroxylation sites is 2. The lowest BCUT2D eigenvalue weighted by Gasteiger charge is -2.10. The number of anilines is 1. The van der Waals surface area contributed by atoms with E-state index in [-0.39, 0.29) is 25.0 Å². The van der Waals surface area contributed by atoms with E-state index in [4.69, 9.17) is 9.47 Å². The van der Waals surface area contributed by atoms with E-state index in [0.717, 1.165) is 0 Å². The molecule has 0 bridgehead atoms. The first-order valence-corrected chi connectivity index (χ1v) is 5.96. The normalized spacial score (nSPS) is 9.79. The van der Waals surface area contributed by atoms with Crippen molar-refractivity contribution in [1.29, 1.82) is 0 Å². The van der Waals surface area contributed by atoms with Gasteiger partial charge in [0.1, 0.15) is 5.75 Å². The van der Waals surface area contributed by atoms with Crippen molar-refractivity contribution >= 4 is 17.6 Å². The number of esters is 1. The number of rotatable bonds is 7. The van der Waals surface area contributed by atoms with E-state index < -0.39 is 0 Å². The highest BCUT2D eigenvalue weighted by Crippen LogP contribution is 2.22. The number of carbonyl (C=O) groups is 2. The Labute approximate surface area is 112 Å². The fourth-order valence-electron chi connectivity index (χ4n) is 1.43. The number of hydrogen-bond donors (Lipinski definition) is 2. The Morgan fingerprint density at radius 2 is 1.95 bits per heavy atom. The highest BCUT2D eigenvalue weighted by atomic mass is 16.5. The Bertz CT molecular complexity index is 434. The van der Waals surface area contributed by atoms with Gasteiger partial charge in [-0.05, 0) is 19.1 Å². The molecule has 0 heterocycles. The van der Waals surface area contributed by atoms with Crippen LogP contribution in [0.5, 0.6) is 5.75 Å². The first-order chi connectivity index (χ1) is 9.17. The van der Waals surface area contributed by atoms with Crippen LogP contribution in [-0.4, -0.2) is 38.7 Å². The monoisotopic (exact) mass is 266 g/mol. The lowest BCUT2D eigenvalue weighted by Crippen LogP contribution is -2.32. The van der Waals surface area contributed by atoms with Gasteiger partial charge in [-0.3, -0.25) is 14.9 Å². The molecule has 0 aliphatic carbocycles. The second kappa shape index (κ2) is 8.10. The summed E-state index contributed by atoms with van der Waals surface area (Å²) < 4.78 is 9.84. The fourth-order valence-corrected chi connectivity index (χ4v) is 1.43. The highest BCUT2D eigenvalue weighted by Gasteiger charge is 2.07. The topological polar surface area (TPSA) is 76.7 Å². The van der Waals surface area contributed by atoms with Crippen LogP contribution in [0.3, 0.4) is 0 Å². The Balaban J connectivity index is 2.37. The molecule has 6 heteroatoms. The molecule has 104 valence electrons. The molecule has 0 aliphatic rings. The van der Waals surface area contributed by atoms with E-state index in [1.807, 2.05) is 6.07 Å². The maximum atomic E-state index is 11.6. The molecule has 0 aliphatic heterocycles. The predicted octanol–water partition coefficient (Wildman–Crippen LogP) is 0.786. The van der Waals surface area contributed by atoms with E-state index in [1.165, 1.54) is 7.11 Å². The summed E-state index contributed by atoms with van der Waals surface area (Å²) in [5, 5.41) is 5.39. The van der Waals surface area contributed by atoms with E-state index in [0.29, 0.717) is 18.0 Å². The molecule has 2 N–H and O–H groups in total. The van der Waals surface area contributed by atoms with Crippen LogP contribution in [0.15, 0.2) is 24.3 Å². The molecule has 0 radical (unpaired) electrons. The smallest absolute Gasteiger partial charge is 0.319 e. The summed E-state index contributed by atoms with van der Waals surface area (Å²) in [7, 11) is 1.53. The molecule has 0 saturated carbocycles. The van der Waals surface area contributed by atoms with Crippen molar-refractivity contribution in [2.24, 2.45) is 0 Å². The summed E-state index contributed by atoms with van der Waals surface area (Å²) in [6.07, 6.45) is 0. The number of nitrogens with one attached hydrogen (secondary N) is 2. The fraction of sp³-hybridized carbons (Fsp3) is 0.385. The van der Waals surface area contributed by atoms with Crippen molar-refractivity contribution < 1.29 is 19.1 Å². The molecule has 0 saturated heterocycles. The SMILES string of the molecule is CCOC(=O)CNCC(=O)Nc1ccccc1OC. The van der Waals surface area contributed by atoms with Crippen LogP contribution in [0, 0.1) is 0 Å². The number of benzene rings is 1. The third-order valence-corrected chi connectivity index (χ3v) is 2.24. The van der Waals surface area contributed by atoms with Gasteiger partial charge in [0.15, 0.2) is 0 Å². The second-order valence-corrected chi connectivity index (χ2v) is 3.66. The zero-order valence-electron chi connectivity index (χ0n) is 11.1. The van der Waals surface area contributed by atoms with Gasteiger partial charge in [-0.2, -0.15) is 0 Å². The minimum absolute atomic E-state index is 0.00713. The molecule has 6 nitrogen and oxygen atoms in total. The second-order valence-electron chi connectivity index (χ2n) is 3.66. The number of carbonyl (C=O) groups excluding carboxylic acids is 2. The number of amides is 1. The van der Waals surface area contributed by atoms with Crippen LogP contribution in [0.4, 0.5) is 5.69 Å². The van der Waals surface area contributed by atoms with Gasteiger partial charge >= 0.3 is 5.97 Å². The number of hydrogen-bond acceptors (Lipinski definition) is 5. The number of methoxy groups -OCH3 is 1. The van der Waals surface area contributed by atoms with Crippen molar-refractivity contribution in [2.45, 2.75) is 6.92 Å². The lowest BCUT2D eigenvalue weighted by atomic mass is 10.3. The Hall–Kier alpha value is -2.08. The molecule has 19 heavy (non-hydrogen) atoms. The van der Waals surface area contributed by atoms with Crippen molar-refractivity contribution in [3.05, 3.63) is 24.3 Å². The summed E-state index contributed by atoms with van der Waals surface area (Å²) in [5.74, 6) is -0.0531.